The van der Waals surface area contributed by atoms with Gasteiger partial charge in [0, 0.05) is 11.1 Å². The Kier molecular flexibility index (Phi) is 3.81. The highest BCUT2D eigenvalue weighted by Gasteiger charge is 2.43. The van der Waals surface area contributed by atoms with E-state index in [1.807, 2.05) is 0 Å². The molecule has 0 saturated heterocycles. The Balaban J connectivity index is 2.00. The van der Waals surface area contributed by atoms with Gasteiger partial charge in [-0.05, 0) is 61.1 Å². The molecular formula is C18H18O6-2. The van der Waals surface area contributed by atoms with E-state index < -0.39 is 24.0 Å². The molecule has 2 aromatic rings. The normalized spacial score (nSPS) is 26.2. The zero-order chi connectivity index (χ0) is 17.8. The predicted molar refractivity (Wildman–Crippen MR) is 82.1 cm³/mol. The molecule has 24 heavy (non-hydrogen) atoms. The second kappa shape index (κ2) is 5.58. The maximum absolute atomic E-state index is 12.6. The molecule has 0 atom stereocenters. The first-order valence-corrected chi connectivity index (χ1v) is 7.59. The van der Waals surface area contributed by atoms with Crippen LogP contribution in [0.2, 0.25) is 0 Å². The van der Waals surface area contributed by atoms with Crippen molar-refractivity contribution in [1.29, 1.82) is 0 Å². The molecule has 0 radical (unpaired) electrons. The van der Waals surface area contributed by atoms with Crippen molar-refractivity contribution in [3.05, 3.63) is 46.5 Å². The summed E-state index contributed by atoms with van der Waals surface area (Å²) in [4.78, 5) is 0. The van der Waals surface area contributed by atoms with Crippen LogP contribution < -0.4 is 10.2 Å². The molecule has 0 spiro atoms. The largest absolute Gasteiger partial charge is 0.851 e. The third-order valence-corrected chi connectivity index (χ3v) is 4.64. The number of hydrogen-bond acceptors (Lipinski definition) is 6. The van der Waals surface area contributed by atoms with Crippen LogP contribution in [0.5, 0.6) is 23.0 Å². The van der Waals surface area contributed by atoms with Gasteiger partial charge in [-0.2, -0.15) is 0 Å². The highest BCUT2D eigenvalue weighted by molar-refractivity contribution is 5.55. The van der Waals surface area contributed by atoms with Gasteiger partial charge in [0.2, 0.25) is 0 Å². The monoisotopic (exact) mass is 330 g/mol. The van der Waals surface area contributed by atoms with Gasteiger partial charge in [0.05, 0.1) is 0 Å². The van der Waals surface area contributed by atoms with Crippen LogP contribution in [0.4, 0.5) is 0 Å². The lowest BCUT2D eigenvalue weighted by molar-refractivity contribution is -0.536. The molecule has 0 aromatic heterocycles. The highest BCUT2D eigenvalue weighted by atomic mass is 16.3. The second-order valence-corrected chi connectivity index (χ2v) is 6.41. The van der Waals surface area contributed by atoms with E-state index in [-0.39, 0.29) is 34.1 Å². The van der Waals surface area contributed by atoms with Crippen molar-refractivity contribution in [2.75, 3.05) is 0 Å². The van der Waals surface area contributed by atoms with Crippen molar-refractivity contribution in [2.24, 2.45) is 0 Å². The molecule has 0 aliphatic heterocycles. The molecule has 1 saturated carbocycles. The van der Waals surface area contributed by atoms with E-state index in [0.29, 0.717) is 11.1 Å². The molecule has 0 bridgehead atoms. The van der Waals surface area contributed by atoms with E-state index in [1.54, 1.807) is 13.8 Å². The fraction of sp³-hybridized carbons (Fsp3) is 0.333. The van der Waals surface area contributed by atoms with Crippen LogP contribution >= 0.6 is 0 Å². The first kappa shape index (κ1) is 16.4. The average molecular weight is 330 g/mol. The third-order valence-electron chi connectivity index (χ3n) is 4.64. The number of hydrogen-bond donors (Lipinski definition) is 4. The van der Waals surface area contributed by atoms with Gasteiger partial charge in [-0.15, -0.1) is 12.2 Å². The van der Waals surface area contributed by atoms with Gasteiger partial charge in [0.15, 0.2) is 0 Å². The number of aromatic hydroxyl groups is 4. The number of aryl methyl sites for hydroxylation is 2. The van der Waals surface area contributed by atoms with Crippen LogP contribution in [0, 0.1) is 13.8 Å². The molecule has 1 aliphatic carbocycles. The molecule has 128 valence electrons. The number of phenolic OH excluding ortho intramolecular Hbond substituents is 4. The third kappa shape index (κ3) is 2.35. The van der Waals surface area contributed by atoms with E-state index in [9.17, 15) is 30.6 Å². The molecule has 2 aromatic carbocycles. The van der Waals surface area contributed by atoms with E-state index >= 15 is 0 Å². The summed E-state index contributed by atoms with van der Waals surface area (Å²) in [6.07, 6.45) is -2.99. The Bertz CT molecular complexity index is 679. The molecule has 0 amide bonds. The molecule has 4 N–H and O–H groups in total. The Hall–Kier alpha value is -2.44. The summed E-state index contributed by atoms with van der Waals surface area (Å²) >= 11 is 0. The molecule has 1 fully saturated rings. The van der Waals surface area contributed by atoms with E-state index in [1.165, 1.54) is 24.3 Å². The first-order valence-electron chi connectivity index (χ1n) is 7.59. The Morgan fingerprint density at radius 3 is 1.12 bits per heavy atom. The fourth-order valence-electron chi connectivity index (χ4n) is 3.53. The van der Waals surface area contributed by atoms with Gasteiger partial charge in [-0.25, -0.2) is 0 Å². The van der Waals surface area contributed by atoms with Gasteiger partial charge in [-0.1, -0.05) is 0 Å². The maximum atomic E-state index is 12.6. The zero-order valence-corrected chi connectivity index (χ0v) is 13.2. The molecular weight excluding hydrogens is 312 g/mol. The smallest absolute Gasteiger partial charge is 0.122 e. The average Bonchev–Trinajstić information content (AvgIpc) is 2.46. The molecule has 0 heterocycles. The minimum Gasteiger partial charge on any atom is -0.851 e. The van der Waals surface area contributed by atoms with Gasteiger partial charge in [0.1, 0.15) is 23.0 Å². The number of rotatable bonds is 2. The summed E-state index contributed by atoms with van der Waals surface area (Å²) in [5.74, 6) is -3.47. The van der Waals surface area contributed by atoms with Crippen molar-refractivity contribution >= 4 is 0 Å². The summed E-state index contributed by atoms with van der Waals surface area (Å²) in [5, 5.41) is 65.2. The number of phenols is 4. The minimum absolute atomic E-state index is 0.0667. The van der Waals surface area contributed by atoms with Crippen molar-refractivity contribution in [2.45, 2.75) is 37.9 Å². The first-order chi connectivity index (χ1) is 11.2. The van der Waals surface area contributed by atoms with Crippen molar-refractivity contribution < 1.29 is 30.6 Å². The van der Waals surface area contributed by atoms with Crippen LogP contribution in [-0.2, 0) is 0 Å². The van der Waals surface area contributed by atoms with Crippen LogP contribution in [-0.4, -0.2) is 32.6 Å². The Morgan fingerprint density at radius 2 is 0.875 bits per heavy atom. The van der Waals surface area contributed by atoms with Gasteiger partial charge in [0.25, 0.3) is 0 Å². The standard InChI is InChI=1S/C18H18O6/c1-7-3-9(19)13(10(20)4-7)15-17(23)16(18(15)24)14-11(21)5-8(2)6-12(14)22/h3-6,15-22H,1-2H3/q-2. The van der Waals surface area contributed by atoms with Gasteiger partial charge in [-0.3, -0.25) is 0 Å². The summed E-state index contributed by atoms with van der Waals surface area (Å²) in [6, 6.07) is 5.51. The molecule has 3 rings (SSSR count). The van der Waals surface area contributed by atoms with E-state index in [2.05, 4.69) is 0 Å². The quantitative estimate of drug-likeness (QED) is 0.634. The Morgan fingerprint density at radius 1 is 0.625 bits per heavy atom. The lowest BCUT2D eigenvalue weighted by Crippen LogP contribution is -2.63. The summed E-state index contributed by atoms with van der Waals surface area (Å²) in [6.45, 7) is 3.33. The van der Waals surface area contributed by atoms with Crippen molar-refractivity contribution in [3.8, 4) is 23.0 Å². The highest BCUT2D eigenvalue weighted by Crippen LogP contribution is 2.53. The fourth-order valence-corrected chi connectivity index (χ4v) is 3.53. The molecule has 6 heteroatoms. The van der Waals surface area contributed by atoms with Gasteiger partial charge < -0.3 is 30.6 Å². The maximum Gasteiger partial charge on any atom is 0.122 e. The summed E-state index contributed by atoms with van der Waals surface area (Å²) in [5.41, 5.74) is 1.07. The molecule has 0 unspecified atom stereocenters. The van der Waals surface area contributed by atoms with Crippen LogP contribution in [0.25, 0.3) is 0 Å². The minimum atomic E-state index is -1.49. The van der Waals surface area contributed by atoms with Crippen LogP contribution in [0.1, 0.15) is 34.1 Å². The summed E-state index contributed by atoms with van der Waals surface area (Å²) < 4.78 is 0. The lowest BCUT2D eigenvalue weighted by atomic mass is 9.62. The summed E-state index contributed by atoms with van der Waals surface area (Å²) in [7, 11) is 0. The van der Waals surface area contributed by atoms with E-state index in [4.69, 9.17) is 0 Å². The zero-order valence-electron chi connectivity index (χ0n) is 13.2. The van der Waals surface area contributed by atoms with E-state index in [0.717, 1.165) is 0 Å². The Labute approximate surface area is 138 Å². The second-order valence-electron chi connectivity index (χ2n) is 6.41. The van der Waals surface area contributed by atoms with Gasteiger partial charge >= 0.3 is 0 Å². The molecule has 6 nitrogen and oxygen atoms in total. The van der Waals surface area contributed by atoms with Crippen molar-refractivity contribution in [3.63, 3.8) is 0 Å². The number of benzene rings is 2. The van der Waals surface area contributed by atoms with Crippen LogP contribution in [0.3, 0.4) is 0 Å². The predicted octanol–water partition coefficient (Wildman–Crippen LogP) is 0.465. The topological polar surface area (TPSA) is 127 Å². The van der Waals surface area contributed by atoms with Crippen molar-refractivity contribution in [1.82, 2.24) is 0 Å². The molecule has 1 aliphatic rings. The van der Waals surface area contributed by atoms with Crippen LogP contribution in [0.15, 0.2) is 24.3 Å². The SMILES string of the molecule is Cc1cc(O)c(C2C([O-])C(c3c(O)cc(C)cc3O)C2[O-])c(O)c1. The lowest BCUT2D eigenvalue weighted by Gasteiger charge is -2.61.